The topological polar surface area (TPSA) is 90.6 Å². The van der Waals surface area contributed by atoms with Crippen molar-refractivity contribution in [2.75, 3.05) is 13.2 Å². The fraction of sp³-hybridized carbons (Fsp3) is 0.526. The van der Waals surface area contributed by atoms with Gasteiger partial charge in [-0.15, -0.1) is 0 Å². The van der Waals surface area contributed by atoms with Gasteiger partial charge in [0.25, 0.3) is 0 Å². The molecule has 1 aromatic carbocycles. The highest BCUT2D eigenvalue weighted by atomic mass is 16.5. The number of likely N-dealkylation sites (tertiary alicyclic amines) is 1. The number of ether oxygens (including phenoxy) is 1. The molecule has 0 radical (unpaired) electrons. The summed E-state index contributed by atoms with van der Waals surface area (Å²) in [5.74, 6) is -1.58. The standard InChI is InChI=1S/C19H22N2O4/c20-12-13-3-1-4-14(11-13)18-16(19(23)24)6-7-17(22)21(18)9-8-15-5-2-10-25-15/h1,3-4,11,15-16,18H,2,5-10H2,(H,23,24)/t15-,16-,18+/m0/s1. The van der Waals surface area contributed by atoms with Gasteiger partial charge in [0, 0.05) is 19.6 Å². The van der Waals surface area contributed by atoms with Gasteiger partial charge >= 0.3 is 5.97 Å². The minimum Gasteiger partial charge on any atom is -0.481 e. The van der Waals surface area contributed by atoms with Crippen LogP contribution in [-0.2, 0) is 14.3 Å². The van der Waals surface area contributed by atoms with Crippen LogP contribution in [0, 0.1) is 17.2 Å². The molecule has 0 spiro atoms. The van der Waals surface area contributed by atoms with Crippen molar-refractivity contribution in [3.8, 4) is 6.07 Å². The lowest BCUT2D eigenvalue weighted by Gasteiger charge is -2.40. The highest BCUT2D eigenvalue weighted by Crippen LogP contribution is 2.37. The fourth-order valence-electron chi connectivity index (χ4n) is 3.83. The van der Waals surface area contributed by atoms with E-state index in [0.717, 1.165) is 19.4 Å². The van der Waals surface area contributed by atoms with Crippen molar-refractivity contribution in [1.29, 1.82) is 5.26 Å². The van der Waals surface area contributed by atoms with Crippen LogP contribution in [-0.4, -0.2) is 41.1 Å². The first-order chi connectivity index (χ1) is 12.1. The summed E-state index contributed by atoms with van der Waals surface area (Å²) in [6.07, 6.45) is 3.45. The molecule has 0 aromatic heterocycles. The molecule has 1 N–H and O–H groups in total. The Bertz CT molecular complexity index is 691. The van der Waals surface area contributed by atoms with E-state index in [1.807, 2.05) is 0 Å². The Balaban J connectivity index is 1.88. The number of hydrogen-bond donors (Lipinski definition) is 1. The molecule has 1 aromatic rings. The molecule has 0 aliphatic carbocycles. The molecule has 0 bridgehead atoms. The van der Waals surface area contributed by atoms with Gasteiger partial charge in [-0.1, -0.05) is 12.1 Å². The van der Waals surface area contributed by atoms with Crippen molar-refractivity contribution in [3.05, 3.63) is 35.4 Å². The summed E-state index contributed by atoms with van der Waals surface area (Å²) in [7, 11) is 0. The Morgan fingerprint density at radius 2 is 2.24 bits per heavy atom. The third-order valence-corrected chi connectivity index (χ3v) is 5.10. The first kappa shape index (κ1) is 17.4. The first-order valence-corrected chi connectivity index (χ1v) is 8.74. The van der Waals surface area contributed by atoms with Crippen molar-refractivity contribution in [2.45, 2.75) is 44.2 Å². The minimum absolute atomic E-state index is 0.0251. The van der Waals surface area contributed by atoms with E-state index in [0.29, 0.717) is 30.5 Å². The quantitative estimate of drug-likeness (QED) is 0.888. The van der Waals surface area contributed by atoms with Gasteiger partial charge in [-0.3, -0.25) is 9.59 Å². The normalized spacial score (nSPS) is 26.4. The molecule has 3 atom stereocenters. The second-order valence-corrected chi connectivity index (χ2v) is 6.68. The summed E-state index contributed by atoms with van der Waals surface area (Å²) >= 11 is 0. The molecule has 25 heavy (non-hydrogen) atoms. The number of rotatable bonds is 5. The van der Waals surface area contributed by atoms with Crippen LogP contribution in [0.15, 0.2) is 24.3 Å². The van der Waals surface area contributed by atoms with E-state index in [4.69, 9.17) is 10.00 Å². The number of piperidine rings is 1. The Kier molecular flexibility index (Phi) is 5.34. The third-order valence-electron chi connectivity index (χ3n) is 5.10. The third kappa shape index (κ3) is 3.83. The molecule has 6 heteroatoms. The predicted octanol–water partition coefficient (Wildman–Crippen LogP) is 2.49. The number of carbonyl (C=O) groups excluding carboxylic acids is 1. The van der Waals surface area contributed by atoms with Crippen molar-refractivity contribution in [1.82, 2.24) is 4.90 Å². The maximum Gasteiger partial charge on any atom is 0.308 e. The number of hydrogen-bond acceptors (Lipinski definition) is 4. The highest BCUT2D eigenvalue weighted by Gasteiger charge is 2.40. The number of aliphatic carboxylic acids is 1. The van der Waals surface area contributed by atoms with Crippen LogP contribution in [0.1, 0.15) is 49.3 Å². The maximum absolute atomic E-state index is 12.5. The monoisotopic (exact) mass is 342 g/mol. The van der Waals surface area contributed by atoms with Gasteiger partial charge in [-0.05, 0) is 43.4 Å². The molecular weight excluding hydrogens is 320 g/mol. The summed E-state index contributed by atoms with van der Waals surface area (Å²) in [5, 5.41) is 18.8. The van der Waals surface area contributed by atoms with E-state index in [-0.39, 0.29) is 18.4 Å². The van der Waals surface area contributed by atoms with Crippen molar-refractivity contribution < 1.29 is 19.4 Å². The Morgan fingerprint density at radius 1 is 1.40 bits per heavy atom. The molecule has 0 saturated carbocycles. The summed E-state index contributed by atoms with van der Waals surface area (Å²) in [6.45, 7) is 1.23. The Morgan fingerprint density at radius 3 is 2.92 bits per heavy atom. The molecule has 6 nitrogen and oxygen atoms in total. The average Bonchev–Trinajstić information content (AvgIpc) is 3.13. The molecule has 3 rings (SSSR count). The zero-order chi connectivity index (χ0) is 17.8. The van der Waals surface area contributed by atoms with Gasteiger partial charge in [0.05, 0.1) is 29.7 Å². The van der Waals surface area contributed by atoms with E-state index in [2.05, 4.69) is 6.07 Å². The van der Waals surface area contributed by atoms with E-state index in [1.165, 1.54) is 0 Å². The SMILES string of the molecule is N#Cc1cccc([C@@H]2[C@@H](C(=O)O)CCC(=O)N2CC[C@@H]2CCCO2)c1. The number of amides is 1. The van der Waals surface area contributed by atoms with Crippen molar-refractivity contribution >= 4 is 11.9 Å². The average molecular weight is 342 g/mol. The molecule has 2 aliphatic rings. The molecule has 2 aliphatic heterocycles. The van der Waals surface area contributed by atoms with Crippen LogP contribution >= 0.6 is 0 Å². The summed E-state index contributed by atoms with van der Waals surface area (Å²) in [4.78, 5) is 26.0. The van der Waals surface area contributed by atoms with E-state index < -0.39 is 17.9 Å². The van der Waals surface area contributed by atoms with Crippen molar-refractivity contribution in [2.24, 2.45) is 5.92 Å². The predicted molar refractivity (Wildman–Crippen MR) is 89.6 cm³/mol. The van der Waals surface area contributed by atoms with Gasteiger partial charge in [-0.25, -0.2) is 0 Å². The number of carbonyl (C=O) groups is 2. The smallest absolute Gasteiger partial charge is 0.308 e. The van der Waals surface area contributed by atoms with Crippen molar-refractivity contribution in [3.63, 3.8) is 0 Å². The van der Waals surface area contributed by atoms with E-state index in [9.17, 15) is 14.7 Å². The number of benzene rings is 1. The highest BCUT2D eigenvalue weighted by molar-refractivity contribution is 5.81. The van der Waals surface area contributed by atoms with Gasteiger partial charge in [-0.2, -0.15) is 5.26 Å². The van der Waals surface area contributed by atoms with Gasteiger partial charge in [0.15, 0.2) is 0 Å². The molecule has 2 saturated heterocycles. The van der Waals surface area contributed by atoms with Crippen LogP contribution in [0.3, 0.4) is 0 Å². The lowest BCUT2D eigenvalue weighted by Crippen LogP contribution is -2.46. The zero-order valence-corrected chi connectivity index (χ0v) is 14.1. The summed E-state index contributed by atoms with van der Waals surface area (Å²) in [5.41, 5.74) is 1.19. The van der Waals surface area contributed by atoms with Crippen LogP contribution < -0.4 is 0 Å². The number of nitrogens with zero attached hydrogens (tertiary/aromatic N) is 2. The van der Waals surface area contributed by atoms with Crippen LogP contribution in [0.25, 0.3) is 0 Å². The fourth-order valence-corrected chi connectivity index (χ4v) is 3.83. The largest absolute Gasteiger partial charge is 0.481 e. The second-order valence-electron chi connectivity index (χ2n) is 6.68. The molecular formula is C19H22N2O4. The summed E-state index contributed by atoms with van der Waals surface area (Å²) < 4.78 is 5.63. The minimum atomic E-state index is -0.901. The van der Waals surface area contributed by atoms with Gasteiger partial charge in [0.1, 0.15) is 0 Å². The molecule has 2 fully saturated rings. The Labute approximate surface area is 147 Å². The number of carboxylic acid groups (broad SMARTS) is 1. The molecule has 132 valence electrons. The van der Waals surface area contributed by atoms with Crippen LogP contribution in [0.5, 0.6) is 0 Å². The second kappa shape index (κ2) is 7.66. The van der Waals surface area contributed by atoms with E-state index in [1.54, 1.807) is 29.2 Å². The molecule has 1 amide bonds. The lowest BCUT2D eigenvalue weighted by molar-refractivity contribution is -0.152. The summed E-state index contributed by atoms with van der Waals surface area (Å²) in [6, 6.07) is 8.47. The zero-order valence-electron chi connectivity index (χ0n) is 14.1. The first-order valence-electron chi connectivity index (χ1n) is 8.74. The maximum atomic E-state index is 12.5. The lowest BCUT2D eigenvalue weighted by atomic mass is 9.83. The van der Waals surface area contributed by atoms with Gasteiger partial charge < -0.3 is 14.7 Å². The van der Waals surface area contributed by atoms with E-state index >= 15 is 0 Å². The van der Waals surface area contributed by atoms with Gasteiger partial charge in [0.2, 0.25) is 5.91 Å². The molecule has 2 heterocycles. The number of carboxylic acids is 1. The molecule has 0 unspecified atom stereocenters. The number of nitriles is 1. The van der Waals surface area contributed by atoms with Crippen LogP contribution in [0.4, 0.5) is 0 Å². The van der Waals surface area contributed by atoms with Crippen LogP contribution in [0.2, 0.25) is 0 Å². The Hall–Kier alpha value is -2.39.